The van der Waals surface area contributed by atoms with E-state index in [9.17, 15) is 52.7 Å². The number of aliphatic carboxylic acids is 2. The first-order valence-electron chi connectivity index (χ1n) is 34.4. The number of hydrogen-bond donors (Lipinski definition) is 2. The summed E-state index contributed by atoms with van der Waals surface area (Å²) in [4.78, 5) is 125. The van der Waals surface area contributed by atoms with Gasteiger partial charge < -0.3 is 57.6 Å². The van der Waals surface area contributed by atoms with Gasteiger partial charge in [0.15, 0.2) is 6.79 Å². The molecule has 544 valence electrons. The lowest BCUT2D eigenvalue weighted by atomic mass is 9.91. The number of unbranched alkanes of at least 4 members (excludes halogenated alkanes) is 6. The molecule has 0 aromatic carbocycles. The van der Waals surface area contributed by atoms with E-state index in [-0.39, 0.29) is 119 Å². The number of carbonyl (C=O) groups is 11. The first kappa shape index (κ1) is 93.5. The molecular weight excluding hydrogens is 1210 g/mol. The molecule has 0 saturated heterocycles. The third-order valence-electron chi connectivity index (χ3n) is 15.6. The minimum atomic E-state index is -1.05. The predicted molar refractivity (Wildman–Crippen MR) is 352 cm³/mol. The third-order valence-corrected chi connectivity index (χ3v) is 15.6. The molecule has 0 bridgehead atoms. The van der Waals surface area contributed by atoms with Gasteiger partial charge in [0.1, 0.15) is 13.2 Å². The Morgan fingerprint density at radius 2 is 0.667 bits per heavy atom. The van der Waals surface area contributed by atoms with Crippen LogP contribution in [0.1, 0.15) is 284 Å². The maximum absolute atomic E-state index is 11.8. The lowest BCUT2D eigenvalue weighted by Gasteiger charge is -2.20. The molecule has 0 aliphatic heterocycles. The molecule has 0 radical (unpaired) electrons. The van der Waals surface area contributed by atoms with Crippen LogP contribution in [0.25, 0.3) is 0 Å². The molecule has 3 unspecified atom stereocenters. The smallest absolute Gasteiger partial charge is 0.311 e. The summed E-state index contributed by atoms with van der Waals surface area (Å²) < 4.78 is 50.9. The van der Waals surface area contributed by atoms with E-state index in [0.29, 0.717) is 96.2 Å². The van der Waals surface area contributed by atoms with E-state index in [0.717, 1.165) is 70.6 Å². The summed E-state index contributed by atoms with van der Waals surface area (Å²) in [5.41, 5.74) is -1.52. The molecule has 23 nitrogen and oxygen atoms in total. The summed E-state index contributed by atoms with van der Waals surface area (Å²) in [6, 6.07) is 0. The van der Waals surface area contributed by atoms with Crippen LogP contribution in [0.4, 0.5) is 0 Å². The minimum absolute atomic E-state index is 0.0128. The van der Waals surface area contributed by atoms with Crippen LogP contribution in [-0.2, 0) is 100 Å². The molecule has 3 atom stereocenters. The van der Waals surface area contributed by atoms with Gasteiger partial charge >= 0.3 is 65.7 Å². The molecular formula is C70H126O23. The highest BCUT2D eigenvalue weighted by Gasteiger charge is 2.29. The van der Waals surface area contributed by atoms with Crippen LogP contribution in [-0.4, -0.2) is 142 Å². The number of carbonyl (C=O) groups excluding carboxylic acids is 9. The van der Waals surface area contributed by atoms with Crippen LogP contribution in [0.15, 0.2) is 0 Å². The molecule has 0 aliphatic carbocycles. The van der Waals surface area contributed by atoms with E-state index < -0.39 is 34.2 Å². The molecule has 0 amide bonds. The van der Waals surface area contributed by atoms with Gasteiger partial charge in [-0.1, -0.05) is 101 Å². The second-order valence-electron chi connectivity index (χ2n) is 25.0. The van der Waals surface area contributed by atoms with Crippen molar-refractivity contribution in [2.45, 2.75) is 284 Å². The molecule has 0 heterocycles. The van der Waals surface area contributed by atoms with Crippen LogP contribution >= 0.6 is 0 Å². The number of ether oxygens (including phenoxy) is 10. The Balaban J connectivity index is -0.000000590. The van der Waals surface area contributed by atoms with Gasteiger partial charge in [-0.2, -0.15) is 0 Å². The first-order chi connectivity index (χ1) is 43.9. The summed E-state index contributed by atoms with van der Waals surface area (Å²) >= 11 is 0. The maximum Gasteiger partial charge on any atom is 0.311 e. The summed E-state index contributed by atoms with van der Waals surface area (Å²) in [6.45, 7) is 31.3. The van der Waals surface area contributed by atoms with Crippen molar-refractivity contribution in [1.29, 1.82) is 0 Å². The fourth-order valence-corrected chi connectivity index (χ4v) is 7.12. The van der Waals surface area contributed by atoms with Gasteiger partial charge in [-0.15, -0.1) is 0 Å². The van der Waals surface area contributed by atoms with E-state index in [2.05, 4.69) is 27.7 Å². The highest BCUT2D eigenvalue weighted by Crippen LogP contribution is 2.24. The Morgan fingerprint density at radius 1 is 0.333 bits per heavy atom. The van der Waals surface area contributed by atoms with Crippen LogP contribution in [0.5, 0.6) is 0 Å². The van der Waals surface area contributed by atoms with E-state index in [1.807, 2.05) is 55.4 Å². The fourth-order valence-electron chi connectivity index (χ4n) is 7.12. The monoisotopic (exact) mass is 1330 g/mol. The van der Waals surface area contributed by atoms with Crippen molar-refractivity contribution in [3.8, 4) is 0 Å². The largest absolute Gasteiger partial charge is 0.481 e. The second kappa shape index (κ2) is 59.8. The molecule has 23 heteroatoms. The Labute approximate surface area is 557 Å². The van der Waals surface area contributed by atoms with Crippen molar-refractivity contribution >= 4 is 65.7 Å². The van der Waals surface area contributed by atoms with Crippen molar-refractivity contribution in [2.75, 3.05) is 66.3 Å². The van der Waals surface area contributed by atoms with Crippen molar-refractivity contribution in [3.05, 3.63) is 0 Å². The predicted octanol–water partition coefficient (Wildman–Crippen LogP) is 14.0. The first-order valence-corrected chi connectivity index (χ1v) is 34.4. The minimum Gasteiger partial charge on any atom is -0.481 e. The van der Waals surface area contributed by atoms with Crippen LogP contribution in [0, 0.1) is 34.0 Å². The van der Waals surface area contributed by atoms with Gasteiger partial charge in [0.05, 0.1) is 81.3 Å². The fraction of sp³-hybridized carbons (Fsp3) is 0.843. The molecule has 2 N–H and O–H groups in total. The van der Waals surface area contributed by atoms with Gasteiger partial charge in [-0.05, 0) is 150 Å². The van der Waals surface area contributed by atoms with Gasteiger partial charge in [0.25, 0.3) is 0 Å². The molecule has 0 spiro atoms. The van der Waals surface area contributed by atoms with Gasteiger partial charge in [0, 0.05) is 32.1 Å². The number of hydrogen-bond acceptors (Lipinski definition) is 21. The van der Waals surface area contributed by atoms with E-state index >= 15 is 0 Å². The Morgan fingerprint density at radius 3 is 1.03 bits per heavy atom. The van der Waals surface area contributed by atoms with Gasteiger partial charge in [-0.25, -0.2) is 0 Å². The summed E-state index contributed by atoms with van der Waals surface area (Å²) in [5, 5.41) is 16.7. The van der Waals surface area contributed by atoms with E-state index in [4.69, 9.17) is 57.6 Å². The van der Waals surface area contributed by atoms with Gasteiger partial charge in [-0.3, -0.25) is 52.7 Å². The molecule has 0 rings (SSSR count). The average molecular weight is 1340 g/mol. The number of esters is 9. The van der Waals surface area contributed by atoms with Crippen molar-refractivity contribution < 1.29 is 110 Å². The molecule has 0 aromatic heterocycles. The van der Waals surface area contributed by atoms with Crippen molar-refractivity contribution in [3.63, 3.8) is 0 Å². The number of carboxylic acids is 2. The SMILES string of the molecule is CCC(C)(C)C(=O)OCCOC(=O)CCC(=O)O.CCC(C)C(=O)OCOCCCC(=O)O.CCCCC(CC)COC(=O)CCCCCOC(=O)CCCOC(=O)C(C)(C)CC.CCCCC(CC)COC(=O)CCCCCOC(=O)CCCOC(=O)C(C)(C)CC. The second-order valence-corrected chi connectivity index (χ2v) is 25.0. The summed E-state index contributed by atoms with van der Waals surface area (Å²) in [7, 11) is 0. The molecule has 0 fully saturated rings. The van der Waals surface area contributed by atoms with E-state index in [1.165, 1.54) is 25.7 Å². The molecule has 0 saturated carbocycles. The molecule has 0 aromatic rings. The van der Waals surface area contributed by atoms with Crippen LogP contribution in [0.3, 0.4) is 0 Å². The van der Waals surface area contributed by atoms with Crippen LogP contribution < -0.4 is 0 Å². The topological polar surface area (TPSA) is 321 Å². The standard InChI is InChI=1S/2C24H44O6.C12H20O6.C10H18O5/c2*1-6-9-14-20(7-2)19-30-22(26)15-11-10-12-17-28-21(25)16-13-18-29-23(27)24(4,5)8-3;1-4-12(2,3)11(16)18-8-7-17-10(15)6-5-9(13)14;1-3-8(2)10(13)15-7-14-6-4-5-9(11)12/h2*20H,6-19H2,1-5H3;4-8H2,1-3H3,(H,13,14);8H,3-7H2,1-2H3,(H,11,12). The number of carboxylic acid groups (broad SMARTS) is 2. The zero-order chi connectivity index (χ0) is 71.5. The highest BCUT2D eigenvalue weighted by atomic mass is 16.7. The molecule has 93 heavy (non-hydrogen) atoms. The van der Waals surface area contributed by atoms with E-state index in [1.54, 1.807) is 20.8 Å². The highest BCUT2D eigenvalue weighted by molar-refractivity contribution is 5.78. The Hall–Kier alpha value is -5.87. The number of rotatable bonds is 52. The Bertz CT molecular complexity index is 1940. The van der Waals surface area contributed by atoms with Crippen molar-refractivity contribution in [2.24, 2.45) is 34.0 Å². The lowest BCUT2D eigenvalue weighted by molar-refractivity contribution is -0.161. The van der Waals surface area contributed by atoms with Crippen LogP contribution in [0.2, 0.25) is 0 Å². The quantitative estimate of drug-likeness (QED) is 0.0247. The normalized spacial score (nSPS) is 12.0. The zero-order valence-electron chi connectivity index (χ0n) is 60.1. The average Bonchev–Trinajstić information content (AvgIpc) is 3.39. The summed E-state index contributed by atoms with van der Waals surface area (Å²) in [5.74, 6) is -3.62. The lowest BCUT2D eigenvalue weighted by Crippen LogP contribution is -2.27. The maximum atomic E-state index is 11.8. The Kier molecular flexibility index (Phi) is 60.2. The zero-order valence-corrected chi connectivity index (χ0v) is 60.1. The third kappa shape index (κ3) is 58.4. The van der Waals surface area contributed by atoms with Gasteiger partial charge in [0.2, 0.25) is 0 Å². The molecule has 0 aliphatic rings. The van der Waals surface area contributed by atoms with Crippen molar-refractivity contribution in [1.82, 2.24) is 0 Å². The summed E-state index contributed by atoms with van der Waals surface area (Å²) in [6.07, 6.45) is 18.7.